The van der Waals surface area contributed by atoms with Crippen molar-refractivity contribution in [1.29, 1.82) is 0 Å². The maximum atomic E-state index is 11.5. The van der Waals surface area contributed by atoms with Crippen LogP contribution in [0.5, 0.6) is 0 Å². The van der Waals surface area contributed by atoms with Gasteiger partial charge in [0, 0.05) is 18.7 Å². The summed E-state index contributed by atoms with van der Waals surface area (Å²) < 4.78 is 1.18. The van der Waals surface area contributed by atoms with Gasteiger partial charge in [-0.2, -0.15) is 0 Å². The molecule has 0 radical (unpaired) electrons. The van der Waals surface area contributed by atoms with Crippen molar-refractivity contribution in [1.82, 2.24) is 9.55 Å². The molecule has 0 aliphatic rings. The number of aromatic amines is 1. The zero-order valence-electron chi connectivity index (χ0n) is 8.63. The average Bonchev–Trinajstić information content (AvgIpc) is 2.01. The number of nitrogens with zero attached hydrogens (tertiary/aromatic N) is 1. The van der Waals surface area contributed by atoms with E-state index in [1.54, 1.807) is 13.8 Å². The van der Waals surface area contributed by atoms with E-state index in [0.29, 0.717) is 12.4 Å². The number of aromatic nitrogens is 2. The Morgan fingerprint density at radius 3 is 2.57 bits per heavy atom. The minimum absolute atomic E-state index is 0.123. The number of hydrogen-bond acceptors (Lipinski definition) is 3. The third-order valence-corrected chi connectivity index (χ3v) is 1.85. The van der Waals surface area contributed by atoms with E-state index >= 15 is 0 Å². The highest BCUT2D eigenvalue weighted by Crippen LogP contribution is 1.97. The highest BCUT2D eigenvalue weighted by atomic mass is 16.2. The normalized spacial score (nSPS) is 10.6. The van der Waals surface area contributed by atoms with E-state index in [9.17, 15) is 9.59 Å². The minimum atomic E-state index is -0.372. The van der Waals surface area contributed by atoms with E-state index in [1.165, 1.54) is 10.6 Å². The van der Waals surface area contributed by atoms with Crippen LogP contribution in [-0.4, -0.2) is 16.1 Å². The molecule has 1 rings (SSSR count). The SMILES string of the molecule is CCNc1cc(=O)n(C(C)C)c(=O)[nH]1. The maximum Gasteiger partial charge on any atom is 0.330 e. The van der Waals surface area contributed by atoms with Gasteiger partial charge in [-0.1, -0.05) is 0 Å². The summed E-state index contributed by atoms with van der Waals surface area (Å²) >= 11 is 0. The lowest BCUT2D eigenvalue weighted by Gasteiger charge is -2.09. The molecule has 0 atom stereocenters. The van der Waals surface area contributed by atoms with E-state index in [0.717, 1.165) is 0 Å². The lowest BCUT2D eigenvalue weighted by molar-refractivity contribution is 0.546. The lowest BCUT2D eigenvalue weighted by atomic mass is 10.4. The monoisotopic (exact) mass is 197 g/mol. The van der Waals surface area contributed by atoms with Crippen LogP contribution in [0.25, 0.3) is 0 Å². The molecule has 5 heteroatoms. The number of H-pyrrole nitrogens is 1. The van der Waals surface area contributed by atoms with Crippen LogP contribution < -0.4 is 16.6 Å². The van der Waals surface area contributed by atoms with Crippen LogP contribution in [0.2, 0.25) is 0 Å². The predicted octanol–water partition coefficient (Wildman–Crippen LogP) is 0.549. The van der Waals surface area contributed by atoms with Crippen LogP contribution in [0.1, 0.15) is 26.8 Å². The number of anilines is 1. The summed E-state index contributed by atoms with van der Waals surface area (Å²) in [4.78, 5) is 25.5. The maximum absolute atomic E-state index is 11.5. The molecular weight excluding hydrogens is 182 g/mol. The van der Waals surface area contributed by atoms with Gasteiger partial charge < -0.3 is 5.32 Å². The first-order valence-electron chi connectivity index (χ1n) is 4.66. The van der Waals surface area contributed by atoms with Gasteiger partial charge in [-0.05, 0) is 20.8 Å². The number of hydrogen-bond donors (Lipinski definition) is 2. The largest absolute Gasteiger partial charge is 0.372 e. The van der Waals surface area contributed by atoms with Crippen LogP contribution in [0.15, 0.2) is 15.7 Å². The van der Waals surface area contributed by atoms with Gasteiger partial charge in [-0.3, -0.25) is 14.3 Å². The minimum Gasteiger partial charge on any atom is -0.372 e. The van der Waals surface area contributed by atoms with Crippen LogP contribution in [0.4, 0.5) is 5.82 Å². The lowest BCUT2D eigenvalue weighted by Crippen LogP contribution is -2.36. The Morgan fingerprint density at radius 2 is 2.14 bits per heavy atom. The second-order valence-corrected chi connectivity index (χ2v) is 3.32. The second kappa shape index (κ2) is 4.13. The quantitative estimate of drug-likeness (QED) is 0.743. The molecule has 0 fully saturated rings. The Labute approximate surface area is 81.8 Å². The molecule has 0 spiro atoms. The zero-order valence-corrected chi connectivity index (χ0v) is 8.63. The van der Waals surface area contributed by atoms with E-state index in [-0.39, 0.29) is 17.3 Å². The van der Waals surface area contributed by atoms with Crippen molar-refractivity contribution in [3.8, 4) is 0 Å². The van der Waals surface area contributed by atoms with Crippen molar-refractivity contribution in [3.63, 3.8) is 0 Å². The van der Waals surface area contributed by atoms with Crippen molar-refractivity contribution >= 4 is 5.82 Å². The van der Waals surface area contributed by atoms with Gasteiger partial charge in [0.25, 0.3) is 5.56 Å². The highest BCUT2D eigenvalue weighted by Gasteiger charge is 2.06. The molecule has 0 aromatic carbocycles. The van der Waals surface area contributed by atoms with Crippen LogP contribution >= 0.6 is 0 Å². The van der Waals surface area contributed by atoms with E-state index in [1.807, 2.05) is 6.92 Å². The smallest absolute Gasteiger partial charge is 0.330 e. The van der Waals surface area contributed by atoms with Crippen molar-refractivity contribution in [2.24, 2.45) is 0 Å². The fourth-order valence-corrected chi connectivity index (χ4v) is 1.28. The molecule has 1 heterocycles. The number of rotatable bonds is 3. The van der Waals surface area contributed by atoms with E-state index < -0.39 is 0 Å². The third kappa shape index (κ3) is 2.04. The van der Waals surface area contributed by atoms with Crippen molar-refractivity contribution in [2.45, 2.75) is 26.8 Å². The molecule has 1 aromatic rings. The first kappa shape index (κ1) is 10.6. The highest BCUT2D eigenvalue weighted by molar-refractivity contribution is 5.31. The Bertz CT molecular complexity index is 386. The average molecular weight is 197 g/mol. The first-order valence-corrected chi connectivity index (χ1v) is 4.66. The van der Waals surface area contributed by atoms with Crippen LogP contribution in [0.3, 0.4) is 0 Å². The summed E-state index contributed by atoms with van der Waals surface area (Å²) in [6.07, 6.45) is 0. The molecule has 0 saturated heterocycles. The van der Waals surface area contributed by atoms with Crippen molar-refractivity contribution in [3.05, 3.63) is 26.9 Å². The van der Waals surface area contributed by atoms with Gasteiger partial charge in [-0.25, -0.2) is 4.79 Å². The fraction of sp³-hybridized carbons (Fsp3) is 0.556. The van der Waals surface area contributed by atoms with E-state index in [4.69, 9.17) is 0 Å². The summed E-state index contributed by atoms with van der Waals surface area (Å²) in [6.45, 7) is 6.15. The Hall–Kier alpha value is -1.52. The summed E-state index contributed by atoms with van der Waals surface area (Å²) in [6, 6.07) is 1.27. The fourth-order valence-electron chi connectivity index (χ4n) is 1.28. The van der Waals surface area contributed by atoms with Gasteiger partial charge >= 0.3 is 5.69 Å². The zero-order chi connectivity index (χ0) is 10.7. The summed E-state index contributed by atoms with van der Waals surface area (Å²) in [7, 11) is 0. The predicted molar refractivity (Wildman–Crippen MR) is 55.9 cm³/mol. The van der Waals surface area contributed by atoms with Crippen molar-refractivity contribution in [2.75, 3.05) is 11.9 Å². The topological polar surface area (TPSA) is 66.9 Å². The molecule has 0 saturated carbocycles. The van der Waals surface area contributed by atoms with Crippen LogP contribution in [-0.2, 0) is 0 Å². The Kier molecular flexibility index (Phi) is 3.11. The second-order valence-electron chi connectivity index (χ2n) is 3.32. The Balaban J connectivity index is 3.26. The third-order valence-electron chi connectivity index (χ3n) is 1.85. The standard InChI is InChI=1S/C9H15N3O2/c1-4-10-7-5-8(13)12(6(2)3)9(14)11-7/h5-6,10H,4H2,1-3H3,(H,11,14). The van der Waals surface area contributed by atoms with Gasteiger partial charge in [-0.15, -0.1) is 0 Å². The van der Waals surface area contributed by atoms with E-state index in [2.05, 4.69) is 10.3 Å². The molecule has 0 aliphatic carbocycles. The molecule has 1 aromatic heterocycles. The molecule has 0 unspecified atom stereocenters. The molecule has 78 valence electrons. The van der Waals surface area contributed by atoms with Gasteiger partial charge in [0.15, 0.2) is 0 Å². The Morgan fingerprint density at radius 1 is 1.50 bits per heavy atom. The molecule has 14 heavy (non-hydrogen) atoms. The molecule has 0 amide bonds. The first-order chi connectivity index (χ1) is 6.56. The molecule has 2 N–H and O–H groups in total. The van der Waals surface area contributed by atoms with Crippen LogP contribution in [0, 0.1) is 0 Å². The van der Waals surface area contributed by atoms with Crippen molar-refractivity contribution < 1.29 is 0 Å². The molecular formula is C9H15N3O2. The van der Waals surface area contributed by atoms with Gasteiger partial charge in [0.05, 0.1) is 0 Å². The summed E-state index contributed by atoms with van der Waals surface area (Å²) in [5.41, 5.74) is -0.650. The summed E-state index contributed by atoms with van der Waals surface area (Å²) in [5, 5.41) is 2.89. The molecule has 5 nitrogen and oxygen atoms in total. The molecule has 0 bridgehead atoms. The van der Waals surface area contributed by atoms with Gasteiger partial charge in [0.2, 0.25) is 0 Å². The summed E-state index contributed by atoms with van der Waals surface area (Å²) in [5.74, 6) is 0.472. The number of nitrogens with one attached hydrogen (secondary N) is 2. The van der Waals surface area contributed by atoms with Gasteiger partial charge in [0.1, 0.15) is 5.82 Å². The molecule has 0 aliphatic heterocycles.